The number of aromatic nitrogens is 1. The van der Waals surface area contributed by atoms with Crippen molar-refractivity contribution in [2.75, 3.05) is 7.11 Å². The Labute approximate surface area is 95.9 Å². The Bertz CT molecular complexity index is 463. The predicted octanol–water partition coefficient (Wildman–Crippen LogP) is 1.17. The summed E-state index contributed by atoms with van der Waals surface area (Å²) in [7, 11) is -2.15. The van der Waals surface area contributed by atoms with Crippen molar-refractivity contribution in [3.05, 3.63) is 18.2 Å². The van der Waals surface area contributed by atoms with Gasteiger partial charge < -0.3 is 4.74 Å². The topological polar surface area (TPSA) is 68.3 Å². The maximum Gasteiger partial charge on any atom is 0.258 e. The van der Waals surface area contributed by atoms with Gasteiger partial charge in [-0.25, -0.2) is 18.1 Å². The number of methoxy groups -OCH3 is 1. The summed E-state index contributed by atoms with van der Waals surface area (Å²) in [6.45, 7) is 5.31. The highest BCUT2D eigenvalue weighted by Gasteiger charge is 2.23. The Morgan fingerprint density at radius 3 is 2.44 bits per heavy atom. The first-order valence-corrected chi connectivity index (χ1v) is 6.28. The van der Waals surface area contributed by atoms with Crippen LogP contribution in [-0.4, -0.2) is 26.1 Å². The Morgan fingerprint density at radius 2 is 1.94 bits per heavy atom. The second-order valence-electron chi connectivity index (χ2n) is 4.37. The standard InChI is InChI=1S/C10H16N2O3S/c1-10(2,3)12-16(13,14)9-7-5-6-8(11-9)15-4/h5-7,12H,1-4H3. The first-order chi connectivity index (χ1) is 7.24. The molecule has 0 aliphatic heterocycles. The quantitative estimate of drug-likeness (QED) is 0.866. The highest BCUT2D eigenvalue weighted by molar-refractivity contribution is 7.89. The van der Waals surface area contributed by atoms with Crippen molar-refractivity contribution in [3.8, 4) is 5.88 Å². The zero-order chi connectivity index (χ0) is 12.4. The number of hydrogen-bond acceptors (Lipinski definition) is 4. The number of pyridine rings is 1. The molecule has 0 aliphatic carbocycles. The molecule has 0 aromatic carbocycles. The first-order valence-electron chi connectivity index (χ1n) is 4.80. The summed E-state index contributed by atoms with van der Waals surface area (Å²) in [5.41, 5.74) is -0.538. The number of nitrogens with one attached hydrogen (secondary N) is 1. The molecule has 1 rings (SSSR count). The van der Waals surface area contributed by atoms with Crippen LogP contribution >= 0.6 is 0 Å². The van der Waals surface area contributed by atoms with Crippen LogP contribution in [0.5, 0.6) is 5.88 Å². The number of hydrogen-bond donors (Lipinski definition) is 1. The number of nitrogens with zero attached hydrogens (tertiary/aromatic N) is 1. The molecule has 1 aromatic heterocycles. The summed E-state index contributed by atoms with van der Waals surface area (Å²) in [5.74, 6) is 0.275. The van der Waals surface area contributed by atoms with Crippen molar-refractivity contribution in [1.29, 1.82) is 0 Å². The molecule has 0 aliphatic rings. The molecule has 0 bridgehead atoms. The summed E-state index contributed by atoms with van der Waals surface area (Å²) < 4.78 is 31.2. The fraction of sp³-hybridized carbons (Fsp3) is 0.500. The van der Waals surface area contributed by atoms with Gasteiger partial charge in [-0.1, -0.05) is 6.07 Å². The van der Waals surface area contributed by atoms with E-state index in [1.165, 1.54) is 13.2 Å². The van der Waals surface area contributed by atoms with Gasteiger partial charge in [0, 0.05) is 11.6 Å². The maximum absolute atomic E-state index is 11.9. The SMILES string of the molecule is COc1cccc(S(=O)(=O)NC(C)(C)C)n1. The smallest absolute Gasteiger partial charge is 0.258 e. The van der Waals surface area contributed by atoms with Gasteiger partial charge in [-0.15, -0.1) is 0 Å². The zero-order valence-electron chi connectivity index (χ0n) is 9.81. The molecular formula is C10H16N2O3S. The monoisotopic (exact) mass is 244 g/mol. The van der Waals surface area contributed by atoms with E-state index >= 15 is 0 Å². The molecule has 0 atom stereocenters. The lowest BCUT2D eigenvalue weighted by Crippen LogP contribution is -2.40. The van der Waals surface area contributed by atoms with Gasteiger partial charge in [-0.3, -0.25) is 0 Å². The zero-order valence-corrected chi connectivity index (χ0v) is 10.6. The van der Waals surface area contributed by atoms with E-state index in [0.717, 1.165) is 0 Å². The molecule has 90 valence electrons. The van der Waals surface area contributed by atoms with E-state index in [9.17, 15) is 8.42 Å². The van der Waals surface area contributed by atoms with Gasteiger partial charge in [0.25, 0.3) is 10.0 Å². The summed E-state index contributed by atoms with van der Waals surface area (Å²) in [6, 6.07) is 4.61. The van der Waals surface area contributed by atoms with Crippen molar-refractivity contribution in [2.24, 2.45) is 0 Å². The van der Waals surface area contributed by atoms with Crippen LogP contribution in [0.15, 0.2) is 23.2 Å². The lowest BCUT2D eigenvalue weighted by Gasteiger charge is -2.19. The Morgan fingerprint density at radius 1 is 1.31 bits per heavy atom. The third-order valence-electron chi connectivity index (χ3n) is 1.62. The van der Waals surface area contributed by atoms with E-state index < -0.39 is 15.6 Å². The molecule has 0 amide bonds. The average molecular weight is 244 g/mol. The number of rotatable bonds is 3. The van der Waals surface area contributed by atoms with Gasteiger partial charge in [-0.2, -0.15) is 0 Å². The molecule has 0 radical (unpaired) electrons. The van der Waals surface area contributed by atoms with Crippen LogP contribution in [0.4, 0.5) is 0 Å². The van der Waals surface area contributed by atoms with E-state index in [1.54, 1.807) is 32.9 Å². The van der Waals surface area contributed by atoms with Crippen molar-refractivity contribution >= 4 is 10.0 Å². The van der Waals surface area contributed by atoms with Gasteiger partial charge in [-0.05, 0) is 26.8 Å². The van der Waals surface area contributed by atoms with Crippen LogP contribution in [0.3, 0.4) is 0 Å². The minimum absolute atomic E-state index is 0.0400. The first kappa shape index (κ1) is 12.9. The van der Waals surface area contributed by atoms with Gasteiger partial charge >= 0.3 is 0 Å². The summed E-state index contributed by atoms with van der Waals surface area (Å²) in [6.07, 6.45) is 0. The van der Waals surface area contributed by atoms with Gasteiger partial charge in [0.05, 0.1) is 7.11 Å². The normalized spacial score (nSPS) is 12.5. The fourth-order valence-electron chi connectivity index (χ4n) is 1.11. The third kappa shape index (κ3) is 3.46. The van der Waals surface area contributed by atoms with Crippen molar-refractivity contribution in [2.45, 2.75) is 31.3 Å². The molecule has 0 spiro atoms. The highest BCUT2D eigenvalue weighted by Crippen LogP contribution is 2.13. The van der Waals surface area contributed by atoms with Crippen molar-refractivity contribution in [1.82, 2.24) is 9.71 Å². The molecule has 0 fully saturated rings. The van der Waals surface area contributed by atoms with Gasteiger partial charge in [0.15, 0.2) is 5.03 Å². The molecule has 5 nitrogen and oxygen atoms in total. The Balaban J connectivity index is 3.08. The highest BCUT2D eigenvalue weighted by atomic mass is 32.2. The second kappa shape index (κ2) is 4.39. The van der Waals surface area contributed by atoms with Crippen molar-refractivity contribution in [3.63, 3.8) is 0 Å². The van der Waals surface area contributed by atoms with Crippen LogP contribution in [0, 0.1) is 0 Å². The largest absolute Gasteiger partial charge is 0.481 e. The summed E-state index contributed by atoms with van der Waals surface area (Å²) in [5, 5.41) is -0.0400. The molecule has 1 heterocycles. The predicted molar refractivity (Wildman–Crippen MR) is 60.9 cm³/mol. The van der Waals surface area contributed by atoms with Gasteiger partial charge in [0.1, 0.15) is 0 Å². The average Bonchev–Trinajstić information content (AvgIpc) is 2.14. The minimum atomic E-state index is -3.59. The minimum Gasteiger partial charge on any atom is -0.481 e. The van der Waals surface area contributed by atoms with Crippen LogP contribution < -0.4 is 9.46 Å². The Kier molecular flexibility index (Phi) is 3.54. The lowest BCUT2D eigenvalue weighted by atomic mass is 10.1. The van der Waals surface area contributed by atoms with Crippen LogP contribution in [0.25, 0.3) is 0 Å². The van der Waals surface area contributed by atoms with Crippen molar-refractivity contribution < 1.29 is 13.2 Å². The molecule has 0 saturated heterocycles. The van der Waals surface area contributed by atoms with E-state index in [-0.39, 0.29) is 10.9 Å². The number of sulfonamides is 1. The molecule has 1 aromatic rings. The lowest BCUT2D eigenvalue weighted by molar-refractivity contribution is 0.393. The van der Waals surface area contributed by atoms with E-state index in [1.807, 2.05) is 0 Å². The molecule has 1 N–H and O–H groups in total. The maximum atomic E-state index is 11.9. The molecular weight excluding hydrogens is 228 g/mol. The van der Waals surface area contributed by atoms with Gasteiger partial charge in [0.2, 0.25) is 5.88 Å². The van der Waals surface area contributed by atoms with Crippen LogP contribution in [-0.2, 0) is 10.0 Å². The van der Waals surface area contributed by atoms with E-state index in [2.05, 4.69) is 9.71 Å². The number of ether oxygens (including phenoxy) is 1. The third-order valence-corrected chi connectivity index (χ3v) is 3.28. The molecule has 6 heteroatoms. The van der Waals surface area contributed by atoms with E-state index in [4.69, 9.17) is 4.74 Å². The second-order valence-corrected chi connectivity index (χ2v) is 6.00. The molecule has 16 heavy (non-hydrogen) atoms. The molecule has 0 saturated carbocycles. The summed E-state index contributed by atoms with van der Waals surface area (Å²) in [4.78, 5) is 3.87. The van der Waals surface area contributed by atoms with Crippen LogP contribution in [0.1, 0.15) is 20.8 Å². The van der Waals surface area contributed by atoms with Crippen LogP contribution in [0.2, 0.25) is 0 Å². The summed E-state index contributed by atoms with van der Waals surface area (Å²) >= 11 is 0. The fourth-order valence-corrected chi connectivity index (χ4v) is 2.49. The molecule has 0 unspecified atom stereocenters. The van der Waals surface area contributed by atoms with E-state index in [0.29, 0.717) is 0 Å². The Hall–Kier alpha value is -1.14.